The molecule has 0 N–H and O–H groups in total. The van der Waals surface area contributed by atoms with Crippen LogP contribution in [0.1, 0.15) is 81.9 Å². The number of ether oxygens (including phenoxy) is 2. The Hall–Kier alpha value is -1.84. The molecule has 0 amide bonds. The van der Waals surface area contributed by atoms with Crippen molar-refractivity contribution in [2.24, 2.45) is 23.7 Å². The summed E-state index contributed by atoms with van der Waals surface area (Å²) >= 11 is 0. The molecule has 4 heteroatoms. The summed E-state index contributed by atoms with van der Waals surface area (Å²) in [6, 6.07) is 6.81. The van der Waals surface area contributed by atoms with E-state index in [4.69, 9.17) is 9.47 Å². The van der Waals surface area contributed by atoms with Crippen LogP contribution in [0.25, 0.3) is 0 Å². The summed E-state index contributed by atoms with van der Waals surface area (Å²) in [4.78, 5) is 24.5. The molecule has 0 bridgehead atoms. The van der Waals surface area contributed by atoms with Gasteiger partial charge in [-0.25, -0.2) is 0 Å². The Morgan fingerprint density at radius 2 is 0.964 bits per heavy atom. The molecule has 0 saturated heterocycles. The summed E-state index contributed by atoms with van der Waals surface area (Å²) in [5, 5.41) is 0. The molecule has 0 unspecified atom stereocenters. The molecule has 0 atom stereocenters. The van der Waals surface area contributed by atoms with Crippen molar-refractivity contribution in [3.63, 3.8) is 0 Å². The Balaban J connectivity index is 0.00000204. The van der Waals surface area contributed by atoms with Gasteiger partial charge in [0.25, 0.3) is 0 Å². The van der Waals surface area contributed by atoms with Gasteiger partial charge in [0.05, 0.1) is 11.8 Å². The maximum Gasteiger partial charge on any atom is 0.314 e. The number of rotatable bonds is 4. The molecule has 1 aromatic rings. The topological polar surface area (TPSA) is 52.6 Å². The first-order valence-electron chi connectivity index (χ1n) is 11.0. The lowest BCUT2D eigenvalue weighted by atomic mass is 9.83. The van der Waals surface area contributed by atoms with E-state index in [0.717, 1.165) is 51.4 Å². The van der Waals surface area contributed by atoms with Gasteiger partial charge in [0.2, 0.25) is 0 Å². The van der Waals surface area contributed by atoms with Crippen molar-refractivity contribution in [2.75, 3.05) is 0 Å². The highest BCUT2D eigenvalue weighted by Gasteiger charge is 2.27. The van der Waals surface area contributed by atoms with E-state index in [2.05, 4.69) is 13.8 Å². The highest BCUT2D eigenvalue weighted by Crippen LogP contribution is 2.31. The number of carbonyl (C=O) groups is 2. The van der Waals surface area contributed by atoms with Gasteiger partial charge in [-0.05, 0) is 87.5 Å². The Morgan fingerprint density at radius 1 is 0.679 bits per heavy atom. The van der Waals surface area contributed by atoms with Gasteiger partial charge in [-0.2, -0.15) is 0 Å². The van der Waals surface area contributed by atoms with Crippen LogP contribution in [0.4, 0.5) is 0 Å². The van der Waals surface area contributed by atoms with Gasteiger partial charge in [0, 0.05) is 2.85 Å². The number of benzene rings is 1. The summed E-state index contributed by atoms with van der Waals surface area (Å²) in [5.74, 6) is 2.19. The van der Waals surface area contributed by atoms with Crippen molar-refractivity contribution in [2.45, 2.75) is 79.1 Å². The van der Waals surface area contributed by atoms with Crippen molar-refractivity contribution in [1.82, 2.24) is 0 Å². The molecule has 4 nitrogen and oxygen atoms in total. The summed E-state index contributed by atoms with van der Waals surface area (Å²) in [5.41, 5.74) is 0. The normalized spacial score (nSPS) is 27.1. The van der Waals surface area contributed by atoms with Gasteiger partial charge in [0.15, 0.2) is 0 Å². The Bertz CT molecular complexity index is 562. The van der Waals surface area contributed by atoms with Crippen LogP contribution in [0.15, 0.2) is 24.3 Å². The highest BCUT2D eigenvalue weighted by atomic mass is 16.5. The predicted molar refractivity (Wildman–Crippen MR) is 116 cm³/mol. The molecule has 2 aliphatic rings. The summed E-state index contributed by atoms with van der Waals surface area (Å²) in [6.45, 7) is 8.46. The van der Waals surface area contributed by atoms with Gasteiger partial charge >= 0.3 is 11.9 Å². The molecule has 0 aromatic heterocycles. The lowest BCUT2D eigenvalue weighted by molar-refractivity contribution is -0.141. The van der Waals surface area contributed by atoms with Crippen LogP contribution < -0.4 is 9.47 Å². The molecule has 0 spiro atoms. The summed E-state index contributed by atoms with van der Waals surface area (Å²) in [6.07, 6.45) is 8.02. The van der Waals surface area contributed by atoms with Crippen LogP contribution in [-0.4, -0.2) is 11.9 Å². The minimum absolute atomic E-state index is 0. The Labute approximate surface area is 173 Å². The molecule has 2 aliphatic carbocycles. The molecule has 0 radical (unpaired) electrons. The first-order valence-corrected chi connectivity index (χ1v) is 11.0. The van der Waals surface area contributed by atoms with Crippen molar-refractivity contribution < 1.29 is 21.9 Å². The second-order valence-corrected chi connectivity index (χ2v) is 8.23. The molecular formula is C24H40O4. The second kappa shape index (κ2) is 11.2. The Kier molecular flexibility index (Phi) is 9.01. The van der Waals surface area contributed by atoms with Crippen LogP contribution in [0, 0.1) is 23.7 Å². The van der Waals surface area contributed by atoms with Crippen LogP contribution in [0.2, 0.25) is 0 Å². The second-order valence-electron chi connectivity index (χ2n) is 8.23. The molecular weight excluding hydrogens is 352 g/mol. The number of hydrogen-bond donors (Lipinski definition) is 0. The average Bonchev–Trinajstić information content (AvgIpc) is 2.72. The van der Waals surface area contributed by atoms with Crippen molar-refractivity contribution >= 4 is 11.9 Å². The van der Waals surface area contributed by atoms with Crippen LogP contribution >= 0.6 is 0 Å². The summed E-state index contributed by atoms with van der Waals surface area (Å²) in [7, 11) is 0. The Morgan fingerprint density at radius 3 is 1.25 bits per heavy atom. The third-order valence-electron chi connectivity index (χ3n) is 5.96. The van der Waals surface area contributed by atoms with E-state index in [1.54, 1.807) is 24.3 Å². The number of hydrogen-bond acceptors (Lipinski definition) is 4. The molecule has 1 aromatic carbocycles. The van der Waals surface area contributed by atoms with Crippen LogP contribution in [0.5, 0.6) is 11.5 Å². The molecule has 28 heavy (non-hydrogen) atoms. The smallest absolute Gasteiger partial charge is 0.314 e. The van der Waals surface area contributed by atoms with Crippen molar-refractivity contribution in [1.29, 1.82) is 0 Å². The van der Waals surface area contributed by atoms with E-state index in [1.807, 2.05) is 13.8 Å². The molecule has 2 saturated carbocycles. The predicted octanol–water partition coefficient (Wildman–Crippen LogP) is 6.67. The van der Waals surface area contributed by atoms with E-state index in [1.165, 1.54) is 0 Å². The monoisotopic (exact) mass is 392 g/mol. The molecule has 0 aliphatic heterocycles. The van der Waals surface area contributed by atoms with E-state index >= 15 is 0 Å². The lowest BCUT2D eigenvalue weighted by Gasteiger charge is -2.24. The standard InChI is InChI=1S/C22H30O4.C2H6.2H2/c1-15-3-7-17(8-4-15)21(23)25-19-11-13-20(14-12-19)26-22(24)18-9-5-16(2)6-10-18;1-2;;/h11-18H,3-10H2,1-2H3;1-2H3;2*1H. The lowest BCUT2D eigenvalue weighted by Crippen LogP contribution is -2.25. The minimum atomic E-state index is -0.141. The zero-order valence-corrected chi connectivity index (χ0v) is 17.9. The zero-order chi connectivity index (χ0) is 20.5. The van der Waals surface area contributed by atoms with E-state index in [-0.39, 0.29) is 26.6 Å². The summed E-state index contributed by atoms with van der Waals surface area (Å²) < 4.78 is 11.0. The zero-order valence-electron chi connectivity index (χ0n) is 17.9. The van der Waals surface area contributed by atoms with Crippen molar-refractivity contribution in [3.8, 4) is 11.5 Å². The van der Waals surface area contributed by atoms with Crippen molar-refractivity contribution in [3.05, 3.63) is 24.3 Å². The van der Waals surface area contributed by atoms with Gasteiger partial charge < -0.3 is 9.47 Å². The largest absolute Gasteiger partial charge is 0.426 e. The maximum atomic E-state index is 12.3. The van der Waals surface area contributed by atoms with E-state index in [0.29, 0.717) is 23.3 Å². The maximum absolute atomic E-state index is 12.3. The van der Waals surface area contributed by atoms with Crippen LogP contribution in [0.3, 0.4) is 0 Å². The first kappa shape index (κ1) is 22.4. The molecule has 160 valence electrons. The molecule has 2 fully saturated rings. The van der Waals surface area contributed by atoms with Gasteiger partial charge in [-0.15, -0.1) is 0 Å². The van der Waals surface area contributed by atoms with Crippen LogP contribution in [-0.2, 0) is 9.59 Å². The van der Waals surface area contributed by atoms with Gasteiger partial charge in [-0.3, -0.25) is 9.59 Å². The number of carbonyl (C=O) groups excluding carboxylic acids is 2. The van der Waals surface area contributed by atoms with Gasteiger partial charge in [0.1, 0.15) is 11.5 Å². The molecule has 3 rings (SSSR count). The fraction of sp³-hybridized carbons (Fsp3) is 0.667. The quantitative estimate of drug-likeness (QED) is 0.424. The highest BCUT2D eigenvalue weighted by molar-refractivity contribution is 5.76. The van der Waals surface area contributed by atoms with E-state index < -0.39 is 0 Å². The molecule has 0 heterocycles. The fourth-order valence-corrected chi connectivity index (χ4v) is 3.97. The van der Waals surface area contributed by atoms with E-state index in [9.17, 15) is 9.59 Å². The average molecular weight is 393 g/mol. The number of esters is 2. The third-order valence-corrected chi connectivity index (χ3v) is 5.96. The fourth-order valence-electron chi connectivity index (χ4n) is 3.97. The van der Waals surface area contributed by atoms with Gasteiger partial charge in [-0.1, -0.05) is 27.7 Å². The SMILES string of the molecule is CC.CC1CCC(C(=O)Oc2ccc(OC(=O)C3CCC(C)CC3)cc2)CC1.[HH].[HH]. The third kappa shape index (κ3) is 6.65. The minimum Gasteiger partial charge on any atom is -0.426 e. The first-order chi connectivity index (χ1) is 13.5.